The lowest BCUT2D eigenvalue weighted by Gasteiger charge is -2.29. The maximum absolute atomic E-state index is 12.6. The van der Waals surface area contributed by atoms with Crippen LogP contribution in [0.4, 0.5) is 0 Å². The van der Waals surface area contributed by atoms with Crippen molar-refractivity contribution in [2.45, 2.75) is 50.5 Å². The lowest BCUT2D eigenvalue weighted by Crippen LogP contribution is -2.41. The molecule has 0 unspecified atom stereocenters. The van der Waals surface area contributed by atoms with Crippen molar-refractivity contribution in [2.75, 3.05) is 13.7 Å². The molecular formula is C20H28N4O4S. The summed E-state index contributed by atoms with van der Waals surface area (Å²) in [6.07, 6.45) is 4.43. The van der Waals surface area contributed by atoms with Gasteiger partial charge in [0.1, 0.15) is 16.3 Å². The Morgan fingerprint density at radius 1 is 1.28 bits per heavy atom. The van der Waals surface area contributed by atoms with E-state index in [1.165, 1.54) is 19.6 Å². The molecule has 158 valence electrons. The summed E-state index contributed by atoms with van der Waals surface area (Å²) in [7, 11) is -2.29. The molecule has 0 aliphatic heterocycles. The third-order valence-corrected chi connectivity index (χ3v) is 6.90. The van der Waals surface area contributed by atoms with E-state index in [9.17, 15) is 13.2 Å². The molecule has 0 radical (unpaired) electrons. The van der Waals surface area contributed by atoms with E-state index in [1.807, 2.05) is 0 Å². The van der Waals surface area contributed by atoms with Crippen molar-refractivity contribution < 1.29 is 17.9 Å². The lowest BCUT2D eigenvalue weighted by atomic mass is 9.86. The van der Waals surface area contributed by atoms with Crippen LogP contribution in [0.15, 0.2) is 29.2 Å². The van der Waals surface area contributed by atoms with Gasteiger partial charge in [-0.25, -0.2) is 13.1 Å². The van der Waals surface area contributed by atoms with Gasteiger partial charge in [-0.15, -0.1) is 0 Å². The molecule has 0 saturated heterocycles. The van der Waals surface area contributed by atoms with Gasteiger partial charge in [0.2, 0.25) is 10.0 Å². The second-order valence-corrected chi connectivity index (χ2v) is 9.11. The highest BCUT2D eigenvalue weighted by atomic mass is 32.2. The number of nitrogens with zero attached hydrogens (tertiary/aromatic N) is 1. The number of benzene rings is 1. The van der Waals surface area contributed by atoms with Crippen LogP contribution in [0.2, 0.25) is 0 Å². The molecule has 1 amide bonds. The van der Waals surface area contributed by atoms with Gasteiger partial charge >= 0.3 is 0 Å². The fraction of sp³-hybridized carbons (Fsp3) is 0.500. The largest absolute Gasteiger partial charge is 0.495 e. The van der Waals surface area contributed by atoms with Gasteiger partial charge < -0.3 is 10.1 Å². The molecule has 3 rings (SSSR count). The summed E-state index contributed by atoms with van der Waals surface area (Å²) in [6, 6.07) is 6.59. The van der Waals surface area contributed by atoms with Crippen LogP contribution in [0, 0.1) is 5.92 Å². The van der Waals surface area contributed by atoms with Gasteiger partial charge in [-0.1, -0.05) is 26.7 Å². The number of ether oxygens (including phenoxy) is 1. The molecule has 9 heteroatoms. The minimum absolute atomic E-state index is 0.0318. The maximum Gasteiger partial charge on any atom is 0.269 e. The zero-order chi connectivity index (χ0) is 21.0. The average molecular weight is 421 g/mol. The Morgan fingerprint density at radius 2 is 2.03 bits per heavy atom. The van der Waals surface area contributed by atoms with Gasteiger partial charge in [0, 0.05) is 18.2 Å². The van der Waals surface area contributed by atoms with E-state index in [4.69, 9.17) is 4.74 Å². The molecule has 29 heavy (non-hydrogen) atoms. The summed E-state index contributed by atoms with van der Waals surface area (Å²) < 4.78 is 32.6. The number of rotatable bonds is 7. The van der Waals surface area contributed by atoms with Crippen LogP contribution in [0.1, 0.15) is 50.0 Å². The van der Waals surface area contributed by atoms with Gasteiger partial charge in [0.05, 0.1) is 12.8 Å². The molecule has 0 spiro atoms. The molecule has 2 aromatic rings. The van der Waals surface area contributed by atoms with Gasteiger partial charge in [0.25, 0.3) is 5.91 Å². The summed E-state index contributed by atoms with van der Waals surface area (Å²) in [6.45, 7) is 4.13. The fourth-order valence-corrected chi connectivity index (χ4v) is 4.91. The van der Waals surface area contributed by atoms with Crippen LogP contribution in [0.5, 0.6) is 5.75 Å². The number of aromatic amines is 1. The van der Waals surface area contributed by atoms with Crippen molar-refractivity contribution in [1.82, 2.24) is 20.2 Å². The van der Waals surface area contributed by atoms with Crippen molar-refractivity contribution >= 4 is 15.9 Å². The Morgan fingerprint density at radius 3 is 2.72 bits per heavy atom. The first-order chi connectivity index (χ1) is 13.9. The van der Waals surface area contributed by atoms with Crippen LogP contribution in [-0.4, -0.2) is 44.2 Å². The molecule has 3 N–H and O–H groups in total. The Labute approximate surface area is 171 Å². The molecule has 1 heterocycles. The van der Waals surface area contributed by atoms with Crippen molar-refractivity contribution in [3.05, 3.63) is 30.0 Å². The second kappa shape index (κ2) is 8.96. The van der Waals surface area contributed by atoms with Gasteiger partial charge in [0.15, 0.2) is 0 Å². The first kappa shape index (κ1) is 21.3. The summed E-state index contributed by atoms with van der Waals surface area (Å²) in [5.41, 5.74) is 1.41. The van der Waals surface area contributed by atoms with Crippen LogP contribution in [0.25, 0.3) is 11.3 Å². The molecule has 1 aromatic heterocycles. The van der Waals surface area contributed by atoms with Crippen LogP contribution < -0.4 is 14.8 Å². The number of sulfonamides is 1. The molecule has 1 aromatic carbocycles. The molecule has 2 atom stereocenters. The Kier molecular flexibility index (Phi) is 6.59. The van der Waals surface area contributed by atoms with Gasteiger partial charge in [-0.05, 0) is 43.0 Å². The van der Waals surface area contributed by atoms with Crippen LogP contribution >= 0.6 is 0 Å². The zero-order valence-electron chi connectivity index (χ0n) is 17.0. The fourth-order valence-electron chi connectivity index (χ4n) is 3.68. The zero-order valence-corrected chi connectivity index (χ0v) is 17.8. The molecule has 1 aliphatic rings. The second-order valence-electron chi connectivity index (χ2n) is 7.38. The van der Waals surface area contributed by atoms with E-state index in [2.05, 4.69) is 27.2 Å². The van der Waals surface area contributed by atoms with Crippen LogP contribution in [-0.2, 0) is 10.0 Å². The highest BCUT2D eigenvalue weighted by molar-refractivity contribution is 7.89. The predicted molar refractivity (Wildman–Crippen MR) is 110 cm³/mol. The maximum atomic E-state index is 12.6. The summed E-state index contributed by atoms with van der Waals surface area (Å²) in [4.78, 5) is 12.6. The normalized spacial score (nSPS) is 19.7. The van der Waals surface area contributed by atoms with E-state index in [-0.39, 0.29) is 29.1 Å². The minimum Gasteiger partial charge on any atom is -0.495 e. The van der Waals surface area contributed by atoms with E-state index < -0.39 is 10.0 Å². The van der Waals surface area contributed by atoms with E-state index in [0.29, 0.717) is 22.9 Å². The number of amides is 1. The number of nitrogens with one attached hydrogen (secondary N) is 3. The molecule has 8 nitrogen and oxygen atoms in total. The highest BCUT2D eigenvalue weighted by Crippen LogP contribution is 2.29. The monoisotopic (exact) mass is 420 g/mol. The highest BCUT2D eigenvalue weighted by Gasteiger charge is 2.24. The Bertz CT molecular complexity index is 971. The van der Waals surface area contributed by atoms with Crippen molar-refractivity contribution in [3.63, 3.8) is 0 Å². The van der Waals surface area contributed by atoms with E-state index in [0.717, 1.165) is 19.3 Å². The minimum atomic E-state index is -3.71. The molecular weight excluding hydrogens is 392 g/mol. The van der Waals surface area contributed by atoms with E-state index >= 15 is 0 Å². The number of methoxy groups -OCH3 is 1. The predicted octanol–water partition coefficient (Wildman–Crippen LogP) is 2.69. The van der Waals surface area contributed by atoms with Crippen LogP contribution in [0.3, 0.4) is 0 Å². The average Bonchev–Trinajstić information content (AvgIpc) is 3.19. The first-order valence-corrected chi connectivity index (χ1v) is 11.4. The topological polar surface area (TPSA) is 113 Å². The van der Waals surface area contributed by atoms with Gasteiger partial charge in [-0.2, -0.15) is 5.10 Å². The van der Waals surface area contributed by atoms with Crippen molar-refractivity contribution in [2.24, 2.45) is 5.92 Å². The number of hydrogen-bond acceptors (Lipinski definition) is 5. The number of H-pyrrole nitrogens is 1. The molecule has 0 bridgehead atoms. The van der Waals surface area contributed by atoms with Crippen molar-refractivity contribution in [3.8, 4) is 17.0 Å². The third kappa shape index (κ3) is 4.79. The standard InChI is InChI=1S/C20H28N4O4S/c1-4-21-29(26,27)19-11-14(9-10-18(19)28-3)16-12-17(24-23-16)20(25)22-15-8-6-5-7-13(15)2/h9-13,15,21H,4-8H2,1-3H3,(H,22,25)(H,23,24)/t13-,15-/m0/s1. The SMILES string of the molecule is CCNS(=O)(=O)c1cc(-c2cc(C(=O)N[C@H]3CCCC[C@@H]3C)[nH]n2)ccc1OC. The van der Waals surface area contributed by atoms with E-state index in [1.54, 1.807) is 25.1 Å². The number of aromatic nitrogens is 2. The molecule has 1 aliphatic carbocycles. The lowest BCUT2D eigenvalue weighted by molar-refractivity contribution is 0.0905. The number of carbonyl (C=O) groups is 1. The smallest absolute Gasteiger partial charge is 0.269 e. The number of hydrogen-bond donors (Lipinski definition) is 3. The summed E-state index contributed by atoms with van der Waals surface area (Å²) >= 11 is 0. The quantitative estimate of drug-likeness (QED) is 0.637. The summed E-state index contributed by atoms with van der Waals surface area (Å²) in [5, 5.41) is 10.0. The van der Waals surface area contributed by atoms with Gasteiger partial charge in [-0.3, -0.25) is 9.89 Å². The number of carbonyl (C=O) groups excluding carboxylic acids is 1. The summed E-state index contributed by atoms with van der Waals surface area (Å²) in [5.74, 6) is 0.501. The molecule has 1 fully saturated rings. The van der Waals surface area contributed by atoms with Crippen molar-refractivity contribution in [1.29, 1.82) is 0 Å². The Balaban J connectivity index is 1.83. The molecule has 1 saturated carbocycles. The Hall–Kier alpha value is -2.39. The first-order valence-electron chi connectivity index (χ1n) is 9.90. The third-order valence-electron chi connectivity index (χ3n) is 5.33.